The fraction of sp³-hybridized carbons (Fsp3) is 0.643. The van der Waals surface area contributed by atoms with Gasteiger partial charge in [0.1, 0.15) is 0 Å². The molecule has 0 radical (unpaired) electrons. The van der Waals surface area contributed by atoms with Crippen molar-refractivity contribution < 1.29 is 0 Å². The van der Waals surface area contributed by atoms with Crippen molar-refractivity contribution in [2.75, 3.05) is 33.7 Å². The largest absolute Gasteiger partial charge is 0.305 e. The molecule has 1 aromatic heterocycles. The van der Waals surface area contributed by atoms with Crippen LogP contribution in [0.3, 0.4) is 0 Å². The van der Waals surface area contributed by atoms with Crippen molar-refractivity contribution in [1.29, 1.82) is 0 Å². The Morgan fingerprint density at radius 3 is 2.84 bits per heavy atom. The number of pyridine rings is 1. The average Bonchev–Trinajstić information content (AvgIpc) is 2.53. The number of aromatic nitrogens is 1. The number of nitrogens with one attached hydrogen (secondary N) is 1. The van der Waals surface area contributed by atoms with Crippen LogP contribution in [0.4, 0.5) is 0 Å². The second kappa shape index (κ2) is 6.43. The lowest BCUT2D eigenvalue weighted by atomic mass is 9.99. The van der Waals surface area contributed by atoms with Gasteiger partial charge in [0.15, 0.2) is 0 Å². The van der Waals surface area contributed by atoms with Crippen LogP contribution in [0.15, 0.2) is 18.5 Å². The van der Waals surface area contributed by atoms with Crippen molar-refractivity contribution in [3.8, 4) is 0 Å². The Morgan fingerprint density at radius 1 is 1.37 bits per heavy atom. The van der Waals surface area contributed by atoms with Crippen LogP contribution < -0.4 is 11.3 Å². The molecule has 1 aliphatic heterocycles. The number of nitrogens with two attached hydrogens (primary N) is 1. The van der Waals surface area contributed by atoms with E-state index < -0.39 is 0 Å². The number of hydrogen-bond acceptors (Lipinski definition) is 5. The first-order valence-corrected chi connectivity index (χ1v) is 6.88. The lowest BCUT2D eigenvalue weighted by molar-refractivity contribution is 0.178. The van der Waals surface area contributed by atoms with Gasteiger partial charge in [-0.05, 0) is 51.7 Å². The smallest absolute Gasteiger partial charge is 0.0642 e. The summed E-state index contributed by atoms with van der Waals surface area (Å²) in [4.78, 5) is 9.06. The molecule has 0 aliphatic carbocycles. The molecular formula is C14H25N5. The van der Waals surface area contributed by atoms with Gasteiger partial charge >= 0.3 is 0 Å². The highest BCUT2D eigenvalue weighted by Crippen LogP contribution is 2.22. The lowest BCUT2D eigenvalue weighted by Crippen LogP contribution is -2.48. The van der Waals surface area contributed by atoms with Crippen LogP contribution in [0.2, 0.25) is 0 Å². The first-order valence-electron chi connectivity index (χ1n) is 6.88. The van der Waals surface area contributed by atoms with E-state index in [9.17, 15) is 0 Å². The predicted octanol–water partition coefficient (Wildman–Crippen LogP) is 0.530. The molecule has 1 aliphatic rings. The normalized spacial score (nSPS) is 24.1. The fourth-order valence-corrected chi connectivity index (χ4v) is 2.84. The van der Waals surface area contributed by atoms with Crippen LogP contribution in [0, 0.1) is 6.92 Å². The van der Waals surface area contributed by atoms with E-state index in [-0.39, 0.29) is 6.04 Å². The molecule has 0 saturated carbocycles. The number of aryl methyl sites for hydroxylation is 1. The Labute approximate surface area is 115 Å². The highest BCUT2D eigenvalue weighted by atomic mass is 15.3. The summed E-state index contributed by atoms with van der Waals surface area (Å²) in [5, 5.41) is 0. The van der Waals surface area contributed by atoms with Gasteiger partial charge in [0.05, 0.1) is 6.04 Å². The van der Waals surface area contributed by atoms with Crippen LogP contribution in [-0.4, -0.2) is 54.6 Å². The van der Waals surface area contributed by atoms with Crippen molar-refractivity contribution in [2.45, 2.75) is 25.4 Å². The van der Waals surface area contributed by atoms with Gasteiger partial charge in [-0.25, -0.2) is 0 Å². The van der Waals surface area contributed by atoms with E-state index in [2.05, 4.69) is 47.3 Å². The van der Waals surface area contributed by atoms with E-state index in [1.165, 1.54) is 12.0 Å². The molecule has 1 saturated heterocycles. The number of hydrogen-bond donors (Lipinski definition) is 2. The molecule has 1 fully saturated rings. The van der Waals surface area contributed by atoms with Gasteiger partial charge in [-0.1, -0.05) is 6.07 Å². The van der Waals surface area contributed by atoms with Gasteiger partial charge in [-0.3, -0.25) is 16.3 Å². The van der Waals surface area contributed by atoms with E-state index in [0.29, 0.717) is 6.04 Å². The third-order valence-electron chi connectivity index (χ3n) is 3.94. The maximum atomic E-state index is 5.82. The summed E-state index contributed by atoms with van der Waals surface area (Å²) in [6.45, 7) is 5.32. The Bertz CT molecular complexity index is 409. The SMILES string of the molecule is Cc1cncc(C(NN)C2CN(C)CCCN2C)c1. The minimum Gasteiger partial charge on any atom is -0.305 e. The summed E-state index contributed by atoms with van der Waals surface area (Å²) in [5.41, 5.74) is 5.32. The Balaban J connectivity index is 2.24. The molecule has 5 nitrogen and oxygen atoms in total. The van der Waals surface area contributed by atoms with Crippen molar-refractivity contribution in [3.05, 3.63) is 29.6 Å². The van der Waals surface area contributed by atoms with Crippen molar-refractivity contribution in [1.82, 2.24) is 20.2 Å². The van der Waals surface area contributed by atoms with Crippen LogP contribution in [-0.2, 0) is 0 Å². The summed E-state index contributed by atoms with van der Waals surface area (Å²) in [7, 11) is 4.35. The molecule has 2 heterocycles. The third kappa shape index (κ3) is 3.51. The summed E-state index contributed by atoms with van der Waals surface area (Å²) < 4.78 is 0. The minimum atomic E-state index is 0.109. The lowest BCUT2D eigenvalue weighted by Gasteiger charge is -2.34. The zero-order valence-corrected chi connectivity index (χ0v) is 12.1. The summed E-state index contributed by atoms with van der Waals surface area (Å²) >= 11 is 0. The van der Waals surface area contributed by atoms with Gasteiger partial charge in [0.25, 0.3) is 0 Å². The first-order chi connectivity index (χ1) is 9.11. The number of hydrazine groups is 1. The molecule has 3 N–H and O–H groups in total. The Morgan fingerprint density at radius 2 is 2.16 bits per heavy atom. The van der Waals surface area contributed by atoms with Crippen LogP contribution >= 0.6 is 0 Å². The second-order valence-electron chi connectivity index (χ2n) is 5.60. The quantitative estimate of drug-likeness (QED) is 0.615. The van der Waals surface area contributed by atoms with E-state index >= 15 is 0 Å². The minimum absolute atomic E-state index is 0.109. The zero-order chi connectivity index (χ0) is 13.8. The van der Waals surface area contributed by atoms with Gasteiger partial charge in [-0.2, -0.15) is 0 Å². The number of nitrogens with zero attached hydrogens (tertiary/aromatic N) is 3. The van der Waals surface area contributed by atoms with Crippen LogP contribution in [0.5, 0.6) is 0 Å². The monoisotopic (exact) mass is 263 g/mol. The Kier molecular flexibility index (Phi) is 4.87. The molecule has 5 heteroatoms. The molecule has 2 rings (SSSR count). The van der Waals surface area contributed by atoms with Gasteiger partial charge in [0, 0.05) is 25.0 Å². The first kappa shape index (κ1) is 14.4. The highest BCUT2D eigenvalue weighted by molar-refractivity contribution is 5.22. The van der Waals surface area contributed by atoms with Gasteiger partial charge < -0.3 is 9.80 Å². The van der Waals surface area contributed by atoms with Crippen molar-refractivity contribution >= 4 is 0 Å². The summed E-state index contributed by atoms with van der Waals surface area (Å²) in [5.74, 6) is 5.82. The molecule has 1 aromatic rings. The standard InChI is InChI=1S/C14H25N5/c1-11-7-12(9-16-8-11)14(17-15)13-10-18(2)5-4-6-19(13)3/h7-9,13-14,17H,4-6,10,15H2,1-3H3. The van der Waals surface area contributed by atoms with E-state index in [1.807, 2.05) is 12.4 Å². The summed E-state index contributed by atoms with van der Waals surface area (Å²) in [6.07, 6.45) is 4.99. The molecule has 106 valence electrons. The molecule has 0 spiro atoms. The summed E-state index contributed by atoms with van der Waals surface area (Å²) in [6, 6.07) is 2.63. The van der Waals surface area contributed by atoms with Crippen LogP contribution in [0.25, 0.3) is 0 Å². The molecule has 2 unspecified atom stereocenters. The second-order valence-corrected chi connectivity index (χ2v) is 5.60. The average molecular weight is 263 g/mol. The zero-order valence-electron chi connectivity index (χ0n) is 12.1. The van der Waals surface area contributed by atoms with Gasteiger partial charge in [-0.15, -0.1) is 0 Å². The molecule has 0 amide bonds. The topological polar surface area (TPSA) is 57.4 Å². The van der Waals surface area contributed by atoms with Crippen LogP contribution in [0.1, 0.15) is 23.6 Å². The highest BCUT2D eigenvalue weighted by Gasteiger charge is 2.29. The molecule has 0 aromatic carbocycles. The van der Waals surface area contributed by atoms with Crippen molar-refractivity contribution in [2.24, 2.45) is 5.84 Å². The maximum absolute atomic E-state index is 5.82. The number of likely N-dealkylation sites (N-methyl/N-ethyl adjacent to an activating group) is 2. The van der Waals surface area contributed by atoms with E-state index in [0.717, 1.165) is 25.2 Å². The van der Waals surface area contributed by atoms with E-state index in [1.54, 1.807) is 0 Å². The molecule has 19 heavy (non-hydrogen) atoms. The Hall–Kier alpha value is -1.01. The van der Waals surface area contributed by atoms with Gasteiger partial charge in [0.2, 0.25) is 0 Å². The number of rotatable bonds is 3. The fourth-order valence-electron chi connectivity index (χ4n) is 2.84. The third-order valence-corrected chi connectivity index (χ3v) is 3.94. The van der Waals surface area contributed by atoms with Crippen molar-refractivity contribution in [3.63, 3.8) is 0 Å². The molecular weight excluding hydrogens is 238 g/mol. The predicted molar refractivity (Wildman–Crippen MR) is 77.6 cm³/mol. The maximum Gasteiger partial charge on any atom is 0.0642 e. The van der Waals surface area contributed by atoms with E-state index in [4.69, 9.17) is 5.84 Å². The molecule has 2 atom stereocenters. The molecule has 0 bridgehead atoms.